The van der Waals surface area contributed by atoms with Gasteiger partial charge in [-0.2, -0.15) is 0 Å². The molecular weight excluding hydrogens is 361 g/mol. The molecular formula is C24H23F3O. The van der Waals surface area contributed by atoms with E-state index in [0.29, 0.717) is 0 Å². The maximum atomic E-state index is 14.3. The number of aryl methyl sites for hydroxylation is 2. The number of ether oxygens (including phenoxy) is 1. The SMILES string of the molecule is CCCc1ccc(-c2ccc(COc3ccc(C)c(C(F)F)c3F)cc2)cc1. The maximum absolute atomic E-state index is 14.3. The first-order valence-electron chi connectivity index (χ1n) is 9.37. The van der Waals surface area contributed by atoms with Crippen LogP contribution in [0.15, 0.2) is 60.7 Å². The molecule has 0 bridgehead atoms. The van der Waals surface area contributed by atoms with Crippen molar-refractivity contribution >= 4 is 0 Å². The molecule has 0 saturated heterocycles. The zero-order valence-corrected chi connectivity index (χ0v) is 16.0. The van der Waals surface area contributed by atoms with Gasteiger partial charge in [0.2, 0.25) is 0 Å². The van der Waals surface area contributed by atoms with Gasteiger partial charge in [0.25, 0.3) is 6.43 Å². The zero-order valence-electron chi connectivity index (χ0n) is 16.0. The highest BCUT2D eigenvalue weighted by Gasteiger charge is 2.20. The number of hydrogen-bond donors (Lipinski definition) is 0. The first-order chi connectivity index (χ1) is 13.5. The van der Waals surface area contributed by atoms with Crippen molar-refractivity contribution < 1.29 is 17.9 Å². The van der Waals surface area contributed by atoms with Crippen molar-refractivity contribution in [1.82, 2.24) is 0 Å². The third-order valence-electron chi connectivity index (χ3n) is 4.75. The summed E-state index contributed by atoms with van der Waals surface area (Å²) < 4.78 is 45.7. The molecule has 0 atom stereocenters. The standard InChI is InChI=1S/C24H23F3O/c1-3-4-17-6-10-19(11-7-17)20-12-8-18(9-13-20)15-28-21-14-5-16(2)22(23(21)25)24(26)27/h5-14,24H,3-4,15H2,1-2H3. The second-order valence-corrected chi connectivity index (χ2v) is 6.84. The van der Waals surface area contributed by atoms with Gasteiger partial charge in [-0.1, -0.05) is 67.9 Å². The van der Waals surface area contributed by atoms with Crippen LogP contribution in [0.2, 0.25) is 0 Å². The average molecular weight is 384 g/mol. The van der Waals surface area contributed by atoms with Crippen molar-refractivity contribution in [2.45, 2.75) is 39.7 Å². The van der Waals surface area contributed by atoms with Crippen molar-refractivity contribution in [2.24, 2.45) is 0 Å². The number of benzene rings is 3. The van der Waals surface area contributed by atoms with Crippen LogP contribution < -0.4 is 4.74 Å². The largest absolute Gasteiger partial charge is 0.486 e. The van der Waals surface area contributed by atoms with Crippen molar-refractivity contribution in [3.8, 4) is 16.9 Å². The summed E-state index contributed by atoms with van der Waals surface area (Å²) in [5.41, 5.74) is 3.98. The smallest absolute Gasteiger partial charge is 0.267 e. The van der Waals surface area contributed by atoms with E-state index in [9.17, 15) is 13.2 Å². The molecule has 3 aromatic carbocycles. The minimum atomic E-state index is -2.87. The van der Waals surface area contributed by atoms with Crippen LogP contribution in [-0.4, -0.2) is 0 Å². The van der Waals surface area contributed by atoms with Gasteiger partial charge in [-0.25, -0.2) is 13.2 Å². The maximum Gasteiger partial charge on any atom is 0.267 e. The van der Waals surface area contributed by atoms with E-state index < -0.39 is 17.8 Å². The molecule has 4 heteroatoms. The molecule has 0 spiro atoms. The minimum Gasteiger partial charge on any atom is -0.486 e. The summed E-state index contributed by atoms with van der Waals surface area (Å²) in [5.74, 6) is -1.14. The van der Waals surface area contributed by atoms with E-state index in [-0.39, 0.29) is 17.9 Å². The molecule has 146 valence electrons. The monoisotopic (exact) mass is 384 g/mol. The van der Waals surface area contributed by atoms with E-state index in [1.54, 1.807) is 0 Å². The zero-order chi connectivity index (χ0) is 20.1. The van der Waals surface area contributed by atoms with E-state index in [1.165, 1.54) is 24.6 Å². The van der Waals surface area contributed by atoms with Crippen LogP contribution in [0, 0.1) is 12.7 Å². The molecule has 0 aromatic heterocycles. The summed E-state index contributed by atoms with van der Waals surface area (Å²) in [5, 5.41) is 0. The second kappa shape index (κ2) is 8.96. The summed E-state index contributed by atoms with van der Waals surface area (Å²) >= 11 is 0. The van der Waals surface area contributed by atoms with Crippen molar-refractivity contribution in [2.75, 3.05) is 0 Å². The first kappa shape index (κ1) is 20.0. The number of rotatable bonds is 7. The molecule has 0 unspecified atom stereocenters. The van der Waals surface area contributed by atoms with Crippen LogP contribution in [0.3, 0.4) is 0 Å². The lowest BCUT2D eigenvalue weighted by atomic mass is 10.0. The van der Waals surface area contributed by atoms with Crippen molar-refractivity contribution in [3.05, 3.63) is 88.7 Å². The Bertz CT molecular complexity index is 916. The highest BCUT2D eigenvalue weighted by atomic mass is 19.3. The molecule has 0 fully saturated rings. The highest BCUT2D eigenvalue weighted by Crippen LogP contribution is 2.31. The van der Waals surface area contributed by atoms with Crippen LogP contribution in [0.1, 0.15) is 42.0 Å². The molecule has 0 aliphatic carbocycles. The lowest BCUT2D eigenvalue weighted by Crippen LogP contribution is -2.02. The molecule has 0 aliphatic heterocycles. The van der Waals surface area contributed by atoms with Crippen molar-refractivity contribution in [3.63, 3.8) is 0 Å². The van der Waals surface area contributed by atoms with Gasteiger partial charge in [0.05, 0.1) is 5.56 Å². The molecule has 0 saturated carbocycles. The fourth-order valence-corrected chi connectivity index (χ4v) is 3.16. The molecule has 0 aliphatic rings. The Morgan fingerprint density at radius 2 is 1.39 bits per heavy atom. The second-order valence-electron chi connectivity index (χ2n) is 6.84. The van der Waals surface area contributed by atoms with Gasteiger partial charge in [0, 0.05) is 0 Å². The normalized spacial score (nSPS) is 11.1. The van der Waals surface area contributed by atoms with Crippen LogP contribution in [-0.2, 0) is 13.0 Å². The molecule has 3 aromatic rings. The molecule has 1 nitrogen and oxygen atoms in total. The lowest BCUT2D eigenvalue weighted by molar-refractivity contribution is 0.143. The predicted molar refractivity (Wildman–Crippen MR) is 106 cm³/mol. The summed E-state index contributed by atoms with van der Waals surface area (Å²) in [6.07, 6.45) is -0.681. The van der Waals surface area contributed by atoms with Crippen LogP contribution >= 0.6 is 0 Å². The third-order valence-corrected chi connectivity index (χ3v) is 4.75. The van der Waals surface area contributed by atoms with E-state index in [1.807, 2.05) is 24.3 Å². The highest BCUT2D eigenvalue weighted by molar-refractivity contribution is 5.64. The molecule has 28 heavy (non-hydrogen) atoms. The van der Waals surface area contributed by atoms with Gasteiger partial charge in [0.1, 0.15) is 6.61 Å². The van der Waals surface area contributed by atoms with Gasteiger partial charge >= 0.3 is 0 Å². The molecule has 0 amide bonds. The van der Waals surface area contributed by atoms with Gasteiger partial charge in [-0.05, 0) is 47.2 Å². The average Bonchev–Trinajstić information content (AvgIpc) is 2.68. The Morgan fingerprint density at radius 3 is 1.93 bits per heavy atom. The number of hydrogen-bond acceptors (Lipinski definition) is 1. The van der Waals surface area contributed by atoms with E-state index in [2.05, 4.69) is 31.2 Å². The Balaban J connectivity index is 1.69. The Labute approximate surface area is 163 Å². The topological polar surface area (TPSA) is 9.23 Å². The van der Waals surface area contributed by atoms with Crippen LogP contribution in [0.25, 0.3) is 11.1 Å². The quantitative estimate of drug-likeness (QED) is 0.416. The van der Waals surface area contributed by atoms with Gasteiger partial charge in [0.15, 0.2) is 11.6 Å². The lowest BCUT2D eigenvalue weighted by Gasteiger charge is -2.12. The summed E-state index contributed by atoms with van der Waals surface area (Å²) in [6, 6.07) is 19.1. The molecule has 0 N–H and O–H groups in total. The molecule has 3 rings (SSSR count). The van der Waals surface area contributed by atoms with Crippen LogP contribution in [0.4, 0.5) is 13.2 Å². The summed E-state index contributed by atoms with van der Waals surface area (Å²) in [4.78, 5) is 0. The summed E-state index contributed by atoms with van der Waals surface area (Å²) in [6.45, 7) is 3.73. The predicted octanol–water partition coefficient (Wildman–Crippen LogP) is 7.27. The fraction of sp³-hybridized carbons (Fsp3) is 0.250. The fourth-order valence-electron chi connectivity index (χ4n) is 3.16. The van der Waals surface area contributed by atoms with Gasteiger partial charge < -0.3 is 4.74 Å². The Morgan fingerprint density at radius 1 is 0.821 bits per heavy atom. The minimum absolute atomic E-state index is 0.110. The number of alkyl halides is 2. The van der Waals surface area contributed by atoms with Crippen molar-refractivity contribution in [1.29, 1.82) is 0 Å². The van der Waals surface area contributed by atoms with Crippen LogP contribution in [0.5, 0.6) is 5.75 Å². The summed E-state index contributed by atoms with van der Waals surface area (Å²) in [7, 11) is 0. The third kappa shape index (κ3) is 4.56. The first-order valence-corrected chi connectivity index (χ1v) is 9.37. The van der Waals surface area contributed by atoms with E-state index >= 15 is 0 Å². The van der Waals surface area contributed by atoms with E-state index in [4.69, 9.17) is 4.74 Å². The Kier molecular flexibility index (Phi) is 6.40. The van der Waals surface area contributed by atoms with Gasteiger partial charge in [-0.15, -0.1) is 0 Å². The molecule has 0 radical (unpaired) electrons. The molecule has 0 heterocycles. The Hall–Kier alpha value is -2.75. The van der Waals surface area contributed by atoms with E-state index in [0.717, 1.165) is 29.5 Å². The van der Waals surface area contributed by atoms with Gasteiger partial charge in [-0.3, -0.25) is 0 Å². The number of halogens is 3.